The second-order valence-corrected chi connectivity index (χ2v) is 14.3. The van der Waals surface area contributed by atoms with Crippen LogP contribution in [0.1, 0.15) is 78.6 Å². The lowest BCUT2D eigenvalue weighted by molar-refractivity contribution is -0.223. The minimum Gasteiger partial charge on any atom is -0.393 e. The third-order valence-corrected chi connectivity index (χ3v) is 11.7. The van der Waals surface area contributed by atoms with Crippen molar-refractivity contribution >= 4 is 16.0 Å². The number of hydrogen-bond donors (Lipinski definition) is 5. The number of carbonyl (C=O) groups is 1. The Kier molecular flexibility index (Phi) is 7.69. The van der Waals surface area contributed by atoms with Gasteiger partial charge in [0, 0.05) is 13.0 Å². The highest BCUT2D eigenvalue weighted by Crippen LogP contribution is 2.68. The first kappa shape index (κ1) is 27.3. The number of nitrogens with one attached hydrogen (secondary N) is 1. The van der Waals surface area contributed by atoms with Crippen molar-refractivity contribution in [2.24, 2.45) is 46.3 Å². The van der Waals surface area contributed by atoms with Crippen LogP contribution in [0.3, 0.4) is 0 Å². The van der Waals surface area contributed by atoms with Crippen molar-refractivity contribution in [3.63, 3.8) is 0 Å². The molecule has 0 saturated heterocycles. The maximum absolute atomic E-state index is 12.2. The minimum absolute atomic E-state index is 0.0479. The number of amides is 1. The molecule has 0 bridgehead atoms. The van der Waals surface area contributed by atoms with Gasteiger partial charge in [-0.1, -0.05) is 20.8 Å². The largest absolute Gasteiger partial charge is 0.393 e. The standard InChI is InChI=1S/C26H45NO7S/c1-15(4-7-21(29)27-12-13-35(32,33)34)17-5-6-18-22-19(9-11-25(17,18)2)26(3)10-8-16(28)14-20(26)23(30)24(22)31/h15-20,22-24,28,30-31H,4-14H2,1-3H3,(H,27,29)(H,32,33,34)/t15?,16-,17?,18?,19?,20+,22?,23+,24-,25-,26-/m1/s1. The normalized spacial score (nSPS) is 46.3. The van der Waals surface area contributed by atoms with Crippen LogP contribution >= 0.6 is 0 Å². The van der Waals surface area contributed by atoms with Crippen LogP contribution in [0.25, 0.3) is 0 Å². The Labute approximate surface area is 210 Å². The molecule has 5 N–H and O–H groups in total. The van der Waals surface area contributed by atoms with E-state index in [0.717, 1.165) is 38.5 Å². The van der Waals surface area contributed by atoms with Gasteiger partial charge in [-0.2, -0.15) is 8.42 Å². The third kappa shape index (κ3) is 5.05. The van der Waals surface area contributed by atoms with Gasteiger partial charge in [-0.25, -0.2) is 0 Å². The van der Waals surface area contributed by atoms with Crippen molar-refractivity contribution in [3.8, 4) is 0 Å². The van der Waals surface area contributed by atoms with Gasteiger partial charge in [0.2, 0.25) is 5.91 Å². The lowest BCUT2D eigenvalue weighted by Crippen LogP contribution is -2.64. The number of aliphatic hydroxyl groups is 3. The van der Waals surface area contributed by atoms with E-state index in [0.29, 0.717) is 42.9 Å². The zero-order valence-electron chi connectivity index (χ0n) is 21.4. The molecule has 0 aromatic carbocycles. The molecule has 4 saturated carbocycles. The fourth-order valence-electron chi connectivity index (χ4n) is 9.18. The van der Waals surface area contributed by atoms with Crippen LogP contribution in [-0.4, -0.2) is 64.8 Å². The van der Waals surface area contributed by atoms with Crippen LogP contribution in [0.15, 0.2) is 0 Å². The maximum Gasteiger partial charge on any atom is 0.266 e. The Bertz CT molecular complexity index is 896. The summed E-state index contributed by atoms with van der Waals surface area (Å²) in [5.74, 6) is 0.781. The lowest BCUT2D eigenvalue weighted by atomic mass is 9.43. The van der Waals surface area contributed by atoms with E-state index in [4.69, 9.17) is 4.55 Å². The molecule has 8 nitrogen and oxygen atoms in total. The van der Waals surface area contributed by atoms with Crippen molar-refractivity contribution in [3.05, 3.63) is 0 Å². The minimum atomic E-state index is -4.08. The first-order valence-corrected chi connectivity index (χ1v) is 15.1. The zero-order valence-corrected chi connectivity index (χ0v) is 22.2. The molecule has 1 amide bonds. The highest BCUT2D eigenvalue weighted by atomic mass is 32.2. The third-order valence-electron chi connectivity index (χ3n) is 11.0. The van der Waals surface area contributed by atoms with Gasteiger partial charge in [0.25, 0.3) is 10.1 Å². The van der Waals surface area contributed by atoms with Gasteiger partial charge in [-0.3, -0.25) is 9.35 Å². The molecule has 0 heterocycles. The Hall–Kier alpha value is -0.740. The number of aliphatic hydroxyl groups excluding tert-OH is 3. The van der Waals surface area contributed by atoms with Gasteiger partial charge in [0.05, 0.1) is 24.1 Å². The molecule has 0 spiro atoms. The molecule has 4 fully saturated rings. The summed E-state index contributed by atoms with van der Waals surface area (Å²) in [4.78, 5) is 12.2. The molecule has 4 aliphatic rings. The highest BCUT2D eigenvalue weighted by Gasteiger charge is 2.65. The molecule has 4 aliphatic carbocycles. The molecule has 0 aromatic rings. The molecule has 202 valence electrons. The summed E-state index contributed by atoms with van der Waals surface area (Å²) in [6, 6.07) is 0. The van der Waals surface area contributed by atoms with Crippen molar-refractivity contribution in [2.45, 2.75) is 96.9 Å². The summed E-state index contributed by atoms with van der Waals surface area (Å²) in [5.41, 5.74) is 0.00776. The van der Waals surface area contributed by atoms with E-state index >= 15 is 0 Å². The number of carbonyl (C=O) groups excluding carboxylic acids is 1. The van der Waals surface area contributed by atoms with E-state index in [1.165, 1.54) is 0 Å². The molecule has 0 aromatic heterocycles. The van der Waals surface area contributed by atoms with Gasteiger partial charge < -0.3 is 20.6 Å². The molecular formula is C26H45NO7S. The Morgan fingerprint density at radius 1 is 0.971 bits per heavy atom. The number of hydrogen-bond acceptors (Lipinski definition) is 6. The summed E-state index contributed by atoms with van der Waals surface area (Å²) in [7, 11) is -4.08. The van der Waals surface area contributed by atoms with Crippen LogP contribution in [0, 0.1) is 46.3 Å². The predicted molar refractivity (Wildman–Crippen MR) is 132 cm³/mol. The quantitative estimate of drug-likeness (QED) is 0.327. The van der Waals surface area contributed by atoms with Gasteiger partial charge in [-0.15, -0.1) is 0 Å². The van der Waals surface area contributed by atoms with Gasteiger partial charge in [0.1, 0.15) is 0 Å². The van der Waals surface area contributed by atoms with Crippen LogP contribution in [0.2, 0.25) is 0 Å². The van der Waals surface area contributed by atoms with Crippen molar-refractivity contribution < 1.29 is 33.1 Å². The zero-order chi connectivity index (χ0) is 25.8. The second-order valence-electron chi connectivity index (χ2n) is 12.7. The molecule has 0 radical (unpaired) electrons. The molecule has 4 rings (SSSR count). The van der Waals surface area contributed by atoms with Gasteiger partial charge in [0.15, 0.2) is 0 Å². The molecule has 35 heavy (non-hydrogen) atoms. The molecule has 9 heteroatoms. The maximum atomic E-state index is 12.2. The van der Waals surface area contributed by atoms with Crippen LogP contribution in [0.5, 0.6) is 0 Å². The monoisotopic (exact) mass is 515 g/mol. The van der Waals surface area contributed by atoms with E-state index in [9.17, 15) is 28.5 Å². The summed E-state index contributed by atoms with van der Waals surface area (Å²) in [6.07, 6.45) is 5.54. The van der Waals surface area contributed by atoms with Crippen LogP contribution in [-0.2, 0) is 14.9 Å². The van der Waals surface area contributed by atoms with Crippen LogP contribution in [0.4, 0.5) is 0 Å². The van der Waals surface area contributed by atoms with Crippen LogP contribution < -0.4 is 5.32 Å². The van der Waals surface area contributed by atoms with Crippen molar-refractivity contribution in [1.29, 1.82) is 0 Å². The molecular weight excluding hydrogens is 470 g/mol. The summed E-state index contributed by atoms with van der Waals surface area (Å²) in [6.45, 7) is 6.75. The predicted octanol–water partition coefficient (Wildman–Crippen LogP) is 2.37. The molecule has 11 atom stereocenters. The summed E-state index contributed by atoms with van der Waals surface area (Å²) < 4.78 is 30.5. The van der Waals surface area contributed by atoms with Gasteiger partial charge in [-0.05, 0) is 97.7 Å². The topological polar surface area (TPSA) is 144 Å². The fourth-order valence-corrected chi connectivity index (χ4v) is 9.54. The van der Waals surface area contributed by atoms with E-state index in [1.54, 1.807) is 0 Å². The second kappa shape index (κ2) is 9.86. The first-order chi connectivity index (χ1) is 16.3. The van der Waals surface area contributed by atoms with Crippen molar-refractivity contribution in [1.82, 2.24) is 5.32 Å². The number of fused-ring (bicyclic) bond motifs is 5. The molecule has 0 aliphatic heterocycles. The Morgan fingerprint density at radius 2 is 1.63 bits per heavy atom. The van der Waals surface area contributed by atoms with Crippen molar-refractivity contribution in [2.75, 3.05) is 12.3 Å². The van der Waals surface area contributed by atoms with Gasteiger partial charge >= 0.3 is 0 Å². The Morgan fingerprint density at radius 3 is 2.31 bits per heavy atom. The van der Waals surface area contributed by atoms with E-state index < -0.39 is 28.1 Å². The Balaban J connectivity index is 1.42. The summed E-state index contributed by atoms with van der Waals surface area (Å²) in [5, 5.41) is 35.4. The molecule has 5 unspecified atom stereocenters. The average molecular weight is 516 g/mol. The number of rotatable bonds is 7. The smallest absolute Gasteiger partial charge is 0.266 e. The fraction of sp³-hybridized carbons (Fsp3) is 0.962. The average Bonchev–Trinajstić information content (AvgIpc) is 3.13. The SMILES string of the molecule is CC(CCC(=O)NCCS(=O)(=O)O)C1CCC2C3C(CC[C@]12C)[C@@]1(C)CC[C@@H](O)C[C@H]1[C@H](O)[C@@H]3O. The van der Waals surface area contributed by atoms with E-state index in [-0.39, 0.29) is 41.2 Å². The highest BCUT2D eigenvalue weighted by molar-refractivity contribution is 7.85. The van der Waals surface area contributed by atoms with E-state index in [1.807, 2.05) is 0 Å². The lowest BCUT2D eigenvalue weighted by Gasteiger charge is -2.63. The first-order valence-electron chi connectivity index (χ1n) is 13.5. The summed E-state index contributed by atoms with van der Waals surface area (Å²) >= 11 is 0. The van der Waals surface area contributed by atoms with E-state index in [2.05, 4.69) is 26.1 Å².